The molecule has 94 valence electrons. The first-order valence-electron chi connectivity index (χ1n) is 5.87. The van der Waals surface area contributed by atoms with Crippen molar-refractivity contribution >= 4 is 17.8 Å². The fraction of sp³-hybridized carbons (Fsp3) is 0.143. The molecule has 1 aromatic carbocycles. The number of carbonyl (C=O) groups excluding carboxylic acids is 2. The molecule has 0 atom stereocenters. The minimum absolute atomic E-state index is 0.129. The Kier molecular flexibility index (Phi) is 2.41. The van der Waals surface area contributed by atoms with Gasteiger partial charge in [-0.05, 0) is 32.0 Å². The van der Waals surface area contributed by atoms with E-state index in [1.165, 1.54) is 6.20 Å². The maximum atomic E-state index is 12.3. The predicted molar refractivity (Wildman–Crippen MR) is 69.1 cm³/mol. The van der Waals surface area contributed by atoms with E-state index >= 15 is 0 Å². The van der Waals surface area contributed by atoms with E-state index in [4.69, 9.17) is 0 Å². The Hall–Kier alpha value is -2.56. The fourth-order valence-corrected chi connectivity index (χ4v) is 2.08. The van der Waals surface area contributed by atoms with Crippen LogP contribution < -0.4 is 4.90 Å². The highest BCUT2D eigenvalue weighted by atomic mass is 16.2. The number of rotatable bonds is 1. The topological polar surface area (TPSA) is 63.2 Å². The van der Waals surface area contributed by atoms with Crippen LogP contribution in [0.15, 0.2) is 30.5 Å². The molecule has 0 aliphatic carbocycles. The summed E-state index contributed by atoms with van der Waals surface area (Å²) in [4.78, 5) is 33.7. The molecule has 2 aromatic rings. The van der Waals surface area contributed by atoms with Gasteiger partial charge >= 0.3 is 0 Å². The molecule has 1 aliphatic heterocycles. The van der Waals surface area contributed by atoms with E-state index in [9.17, 15) is 9.59 Å². The summed E-state index contributed by atoms with van der Waals surface area (Å²) in [5.41, 5.74) is 2.46. The van der Waals surface area contributed by atoms with Gasteiger partial charge in [-0.15, -0.1) is 0 Å². The molecular formula is C14H11N3O2. The zero-order valence-electron chi connectivity index (χ0n) is 10.5. The Balaban J connectivity index is 2.13. The van der Waals surface area contributed by atoms with Gasteiger partial charge in [0, 0.05) is 11.9 Å². The van der Waals surface area contributed by atoms with Crippen LogP contribution in [0.25, 0.3) is 0 Å². The lowest BCUT2D eigenvalue weighted by Crippen LogP contribution is -2.31. The number of nitrogens with zero attached hydrogens (tertiary/aromatic N) is 3. The SMILES string of the molecule is Cc1ccc2c(c1)C(=O)N(c1nccc(C)n1)C2=O. The summed E-state index contributed by atoms with van der Waals surface area (Å²) in [5, 5.41) is 0. The third kappa shape index (κ3) is 1.71. The van der Waals surface area contributed by atoms with Gasteiger partial charge in [-0.1, -0.05) is 11.6 Å². The van der Waals surface area contributed by atoms with E-state index in [2.05, 4.69) is 9.97 Å². The molecule has 2 amide bonds. The summed E-state index contributed by atoms with van der Waals surface area (Å²) in [6.07, 6.45) is 1.53. The number of carbonyl (C=O) groups is 2. The average molecular weight is 253 g/mol. The van der Waals surface area contributed by atoms with Gasteiger partial charge in [0.2, 0.25) is 5.95 Å². The van der Waals surface area contributed by atoms with Gasteiger partial charge in [-0.2, -0.15) is 0 Å². The Morgan fingerprint density at radius 1 is 1.00 bits per heavy atom. The van der Waals surface area contributed by atoms with Crippen molar-refractivity contribution in [1.82, 2.24) is 9.97 Å². The van der Waals surface area contributed by atoms with Gasteiger partial charge in [0.05, 0.1) is 11.1 Å². The molecule has 1 aromatic heterocycles. The summed E-state index contributed by atoms with van der Waals surface area (Å²) in [5.74, 6) is -0.608. The van der Waals surface area contributed by atoms with Crippen LogP contribution in [0.3, 0.4) is 0 Å². The van der Waals surface area contributed by atoms with Crippen LogP contribution in [0.2, 0.25) is 0 Å². The number of aromatic nitrogens is 2. The molecule has 0 radical (unpaired) electrons. The van der Waals surface area contributed by atoms with Crippen LogP contribution in [0.4, 0.5) is 5.95 Å². The predicted octanol–water partition coefficient (Wildman–Crippen LogP) is 1.89. The highest BCUT2D eigenvalue weighted by Gasteiger charge is 2.38. The van der Waals surface area contributed by atoms with Crippen LogP contribution in [0, 0.1) is 13.8 Å². The normalized spacial score (nSPS) is 13.9. The fourth-order valence-electron chi connectivity index (χ4n) is 2.08. The van der Waals surface area contributed by atoms with Crippen LogP contribution in [0.1, 0.15) is 32.0 Å². The zero-order valence-corrected chi connectivity index (χ0v) is 10.5. The van der Waals surface area contributed by atoms with Gasteiger partial charge in [0.25, 0.3) is 11.8 Å². The van der Waals surface area contributed by atoms with Crippen molar-refractivity contribution in [3.05, 3.63) is 52.8 Å². The molecule has 0 saturated heterocycles. The molecule has 19 heavy (non-hydrogen) atoms. The minimum atomic E-state index is -0.370. The Morgan fingerprint density at radius 2 is 1.74 bits per heavy atom. The van der Waals surface area contributed by atoms with Crippen molar-refractivity contribution in [2.24, 2.45) is 0 Å². The van der Waals surface area contributed by atoms with Crippen molar-refractivity contribution in [3.63, 3.8) is 0 Å². The first kappa shape index (κ1) is 11.5. The second-order valence-electron chi connectivity index (χ2n) is 4.49. The van der Waals surface area contributed by atoms with E-state index in [-0.39, 0.29) is 17.8 Å². The Bertz CT molecular complexity index is 710. The summed E-state index contributed by atoms with van der Waals surface area (Å²) < 4.78 is 0. The molecule has 0 unspecified atom stereocenters. The van der Waals surface area contributed by atoms with Gasteiger partial charge in [0.1, 0.15) is 0 Å². The Morgan fingerprint density at radius 3 is 2.47 bits per heavy atom. The lowest BCUT2D eigenvalue weighted by atomic mass is 10.1. The highest BCUT2D eigenvalue weighted by molar-refractivity contribution is 6.33. The monoisotopic (exact) mass is 253 g/mol. The van der Waals surface area contributed by atoms with Gasteiger partial charge < -0.3 is 0 Å². The second kappa shape index (κ2) is 3.98. The quantitative estimate of drug-likeness (QED) is 0.728. The van der Waals surface area contributed by atoms with Crippen LogP contribution >= 0.6 is 0 Å². The molecule has 5 heteroatoms. The highest BCUT2D eigenvalue weighted by Crippen LogP contribution is 2.26. The molecular weight excluding hydrogens is 242 g/mol. The van der Waals surface area contributed by atoms with Crippen molar-refractivity contribution in [2.75, 3.05) is 4.90 Å². The first-order valence-corrected chi connectivity index (χ1v) is 5.87. The van der Waals surface area contributed by atoms with Crippen molar-refractivity contribution in [3.8, 4) is 0 Å². The summed E-state index contributed by atoms with van der Waals surface area (Å²) in [6, 6.07) is 6.91. The lowest BCUT2D eigenvalue weighted by Gasteiger charge is -2.11. The zero-order chi connectivity index (χ0) is 13.6. The second-order valence-corrected chi connectivity index (χ2v) is 4.49. The number of imide groups is 1. The van der Waals surface area contributed by atoms with Gasteiger partial charge in [-0.3, -0.25) is 9.59 Å². The largest absolute Gasteiger partial charge is 0.268 e. The van der Waals surface area contributed by atoms with Crippen molar-refractivity contribution < 1.29 is 9.59 Å². The number of benzene rings is 1. The van der Waals surface area contributed by atoms with E-state index in [1.54, 1.807) is 25.1 Å². The summed E-state index contributed by atoms with van der Waals surface area (Å²) >= 11 is 0. The molecule has 0 fully saturated rings. The molecule has 5 nitrogen and oxygen atoms in total. The van der Waals surface area contributed by atoms with E-state index in [0.717, 1.165) is 10.5 Å². The molecule has 0 spiro atoms. The smallest absolute Gasteiger partial charge is 0.268 e. The van der Waals surface area contributed by atoms with E-state index in [0.29, 0.717) is 16.8 Å². The number of aryl methyl sites for hydroxylation is 2. The number of hydrogen-bond donors (Lipinski definition) is 0. The molecule has 0 saturated carbocycles. The Labute approximate surface area is 109 Å². The van der Waals surface area contributed by atoms with Crippen LogP contribution in [-0.4, -0.2) is 21.8 Å². The number of fused-ring (bicyclic) bond motifs is 1. The third-order valence-electron chi connectivity index (χ3n) is 3.02. The van der Waals surface area contributed by atoms with Crippen LogP contribution in [-0.2, 0) is 0 Å². The van der Waals surface area contributed by atoms with Gasteiger partial charge in [-0.25, -0.2) is 14.9 Å². The molecule has 3 rings (SSSR count). The van der Waals surface area contributed by atoms with E-state index in [1.807, 2.05) is 13.0 Å². The average Bonchev–Trinajstić information content (AvgIpc) is 2.61. The maximum Gasteiger partial charge on any atom is 0.268 e. The summed E-state index contributed by atoms with van der Waals surface area (Å²) in [7, 11) is 0. The van der Waals surface area contributed by atoms with Crippen molar-refractivity contribution in [2.45, 2.75) is 13.8 Å². The minimum Gasteiger partial charge on any atom is -0.268 e. The molecule has 0 bridgehead atoms. The standard InChI is InChI=1S/C14H11N3O2/c1-8-3-4-10-11(7-8)13(19)17(12(10)18)14-15-6-5-9(2)16-14/h3-7H,1-2H3. The number of amides is 2. The maximum absolute atomic E-state index is 12.3. The van der Waals surface area contributed by atoms with Gasteiger partial charge in [0.15, 0.2) is 0 Å². The summed E-state index contributed by atoms with van der Waals surface area (Å²) in [6.45, 7) is 3.66. The molecule has 1 aliphatic rings. The van der Waals surface area contributed by atoms with Crippen molar-refractivity contribution in [1.29, 1.82) is 0 Å². The molecule has 2 heterocycles. The number of anilines is 1. The number of hydrogen-bond acceptors (Lipinski definition) is 4. The lowest BCUT2D eigenvalue weighted by molar-refractivity contribution is 0.0924. The first-order chi connectivity index (χ1) is 9.08. The third-order valence-corrected chi connectivity index (χ3v) is 3.02. The molecule has 0 N–H and O–H groups in total. The van der Waals surface area contributed by atoms with Crippen LogP contribution in [0.5, 0.6) is 0 Å². The van der Waals surface area contributed by atoms with E-state index < -0.39 is 0 Å².